The van der Waals surface area contributed by atoms with E-state index in [1.54, 1.807) is 0 Å². The minimum absolute atomic E-state index is 0.0493. The second-order valence-corrected chi connectivity index (χ2v) is 5.57. The highest BCUT2D eigenvalue weighted by Crippen LogP contribution is 2.37. The van der Waals surface area contributed by atoms with E-state index in [0.717, 1.165) is 39.0 Å². The number of alkyl halides is 3. The summed E-state index contributed by atoms with van der Waals surface area (Å²) in [5.74, 6) is -0.525. The van der Waals surface area contributed by atoms with Gasteiger partial charge in [0.05, 0.1) is 5.92 Å². The molecule has 5 heteroatoms. The van der Waals surface area contributed by atoms with Crippen LogP contribution in [0.5, 0.6) is 0 Å². The number of hydrogen-bond acceptors (Lipinski definition) is 2. The van der Waals surface area contributed by atoms with E-state index in [1.807, 2.05) is 0 Å². The third-order valence-corrected chi connectivity index (χ3v) is 4.17. The van der Waals surface area contributed by atoms with Gasteiger partial charge in [-0.15, -0.1) is 0 Å². The fourth-order valence-electron chi connectivity index (χ4n) is 2.96. The molecule has 2 nitrogen and oxygen atoms in total. The normalized spacial score (nSPS) is 31.5. The molecule has 0 spiro atoms. The molecule has 1 saturated carbocycles. The Labute approximate surface area is 106 Å². The van der Waals surface area contributed by atoms with Gasteiger partial charge in [0.15, 0.2) is 0 Å². The average Bonchev–Trinajstić information content (AvgIpc) is 2.37. The fourth-order valence-corrected chi connectivity index (χ4v) is 2.96. The summed E-state index contributed by atoms with van der Waals surface area (Å²) >= 11 is 0. The molecular formula is C13H22F3NO. The van der Waals surface area contributed by atoms with Crippen LogP contribution in [0.1, 0.15) is 38.5 Å². The summed E-state index contributed by atoms with van der Waals surface area (Å²) in [6.45, 7) is 2.43. The highest BCUT2D eigenvalue weighted by molar-refractivity contribution is 4.82. The van der Waals surface area contributed by atoms with E-state index in [-0.39, 0.29) is 12.5 Å². The second-order valence-electron chi connectivity index (χ2n) is 5.57. The largest absolute Gasteiger partial charge is 0.391 e. The van der Waals surface area contributed by atoms with Crippen molar-refractivity contribution in [2.75, 3.05) is 19.8 Å². The van der Waals surface area contributed by atoms with E-state index >= 15 is 0 Å². The Morgan fingerprint density at radius 2 is 1.78 bits per heavy atom. The smallest absolute Gasteiger partial charge is 0.381 e. The third-order valence-electron chi connectivity index (χ3n) is 4.17. The Morgan fingerprint density at radius 1 is 1.06 bits per heavy atom. The van der Waals surface area contributed by atoms with Crippen molar-refractivity contribution in [2.24, 2.45) is 11.8 Å². The molecule has 0 bridgehead atoms. The zero-order chi connectivity index (χ0) is 13.0. The Bertz CT molecular complexity index is 251. The zero-order valence-electron chi connectivity index (χ0n) is 10.6. The summed E-state index contributed by atoms with van der Waals surface area (Å²) in [7, 11) is 0. The molecule has 2 aliphatic rings. The maximum absolute atomic E-state index is 12.7. The Hall–Kier alpha value is -0.290. The maximum Gasteiger partial charge on any atom is 0.391 e. The molecule has 2 rings (SSSR count). The molecule has 1 aliphatic heterocycles. The first-order valence-electron chi connectivity index (χ1n) is 6.93. The van der Waals surface area contributed by atoms with Gasteiger partial charge in [0, 0.05) is 19.3 Å². The highest BCUT2D eigenvalue weighted by atomic mass is 19.4. The average molecular weight is 265 g/mol. The summed E-state index contributed by atoms with van der Waals surface area (Å²) in [6, 6.07) is 0.0493. The van der Waals surface area contributed by atoms with Gasteiger partial charge in [0.2, 0.25) is 0 Å². The molecule has 2 unspecified atom stereocenters. The first-order chi connectivity index (χ1) is 8.55. The standard InChI is InChI=1S/C13H22F3NO/c14-13(15,16)11-2-1-3-12(8-11)17-9-10-4-6-18-7-5-10/h10-12,17H,1-9H2. The van der Waals surface area contributed by atoms with E-state index in [4.69, 9.17) is 4.74 Å². The number of ether oxygens (including phenoxy) is 1. The number of hydrogen-bond donors (Lipinski definition) is 1. The second kappa shape index (κ2) is 6.24. The summed E-state index contributed by atoms with van der Waals surface area (Å²) < 4.78 is 43.3. The molecule has 0 aromatic heterocycles. The van der Waals surface area contributed by atoms with Crippen LogP contribution in [0.15, 0.2) is 0 Å². The lowest BCUT2D eigenvalue weighted by Crippen LogP contribution is -2.41. The molecule has 106 valence electrons. The molecule has 1 heterocycles. The van der Waals surface area contributed by atoms with E-state index in [9.17, 15) is 13.2 Å². The Morgan fingerprint density at radius 3 is 2.44 bits per heavy atom. The van der Waals surface area contributed by atoms with Gasteiger partial charge >= 0.3 is 6.18 Å². The summed E-state index contributed by atoms with van der Waals surface area (Å²) in [6.07, 6.45) is 0.182. The molecule has 1 aliphatic carbocycles. The van der Waals surface area contributed by atoms with Crippen LogP contribution in [0.2, 0.25) is 0 Å². The van der Waals surface area contributed by atoms with Crippen LogP contribution in [0, 0.1) is 11.8 Å². The minimum atomic E-state index is -4.01. The van der Waals surface area contributed by atoms with E-state index < -0.39 is 12.1 Å². The first-order valence-corrected chi connectivity index (χ1v) is 6.93. The van der Waals surface area contributed by atoms with Crippen molar-refractivity contribution < 1.29 is 17.9 Å². The van der Waals surface area contributed by atoms with Gasteiger partial charge in [-0.2, -0.15) is 13.2 Å². The molecule has 0 radical (unpaired) electrons. The summed E-state index contributed by atoms with van der Waals surface area (Å²) in [5, 5.41) is 3.34. The van der Waals surface area contributed by atoms with E-state index in [0.29, 0.717) is 18.8 Å². The lowest BCUT2D eigenvalue weighted by Gasteiger charge is -2.32. The quantitative estimate of drug-likeness (QED) is 0.846. The van der Waals surface area contributed by atoms with Gasteiger partial charge in [-0.3, -0.25) is 0 Å². The Kier molecular flexibility index (Phi) is 4.90. The van der Waals surface area contributed by atoms with Crippen molar-refractivity contribution >= 4 is 0 Å². The van der Waals surface area contributed by atoms with Crippen molar-refractivity contribution in [1.29, 1.82) is 0 Å². The van der Waals surface area contributed by atoms with Crippen LogP contribution < -0.4 is 5.32 Å². The molecule has 0 aromatic rings. The minimum Gasteiger partial charge on any atom is -0.381 e. The van der Waals surface area contributed by atoms with Crippen molar-refractivity contribution in [3.63, 3.8) is 0 Å². The van der Waals surface area contributed by atoms with Crippen LogP contribution in [0.25, 0.3) is 0 Å². The zero-order valence-corrected chi connectivity index (χ0v) is 10.6. The van der Waals surface area contributed by atoms with Crippen molar-refractivity contribution in [3.05, 3.63) is 0 Å². The molecule has 1 N–H and O–H groups in total. The van der Waals surface area contributed by atoms with Gasteiger partial charge in [0.25, 0.3) is 0 Å². The van der Waals surface area contributed by atoms with Crippen LogP contribution in [-0.4, -0.2) is 32.0 Å². The topological polar surface area (TPSA) is 21.3 Å². The Balaban J connectivity index is 1.72. The van der Waals surface area contributed by atoms with Gasteiger partial charge in [0.1, 0.15) is 0 Å². The lowest BCUT2D eigenvalue weighted by molar-refractivity contribution is -0.183. The summed E-state index contributed by atoms with van der Waals surface area (Å²) in [4.78, 5) is 0. The molecule has 0 aromatic carbocycles. The van der Waals surface area contributed by atoms with Gasteiger partial charge in [-0.05, 0) is 44.6 Å². The molecule has 1 saturated heterocycles. The molecule has 2 fully saturated rings. The molecular weight excluding hydrogens is 243 g/mol. The molecule has 0 amide bonds. The van der Waals surface area contributed by atoms with Crippen molar-refractivity contribution in [2.45, 2.75) is 50.7 Å². The summed E-state index contributed by atoms with van der Waals surface area (Å²) in [5.41, 5.74) is 0. The van der Waals surface area contributed by atoms with Gasteiger partial charge in [-0.1, -0.05) is 6.42 Å². The van der Waals surface area contributed by atoms with Gasteiger partial charge in [-0.25, -0.2) is 0 Å². The van der Waals surface area contributed by atoms with E-state index in [1.165, 1.54) is 0 Å². The fraction of sp³-hybridized carbons (Fsp3) is 1.00. The van der Waals surface area contributed by atoms with Crippen molar-refractivity contribution in [1.82, 2.24) is 5.32 Å². The predicted molar refractivity (Wildman–Crippen MR) is 63.3 cm³/mol. The highest BCUT2D eigenvalue weighted by Gasteiger charge is 2.42. The molecule has 2 atom stereocenters. The van der Waals surface area contributed by atoms with Gasteiger partial charge < -0.3 is 10.1 Å². The predicted octanol–water partition coefficient (Wildman–Crippen LogP) is 3.12. The monoisotopic (exact) mass is 265 g/mol. The lowest BCUT2D eigenvalue weighted by atomic mass is 9.85. The van der Waals surface area contributed by atoms with Crippen LogP contribution >= 0.6 is 0 Å². The number of halogens is 3. The van der Waals surface area contributed by atoms with E-state index in [2.05, 4.69) is 5.32 Å². The SMILES string of the molecule is FC(F)(F)C1CCCC(NCC2CCOCC2)C1. The van der Waals surface area contributed by atoms with Crippen LogP contribution in [-0.2, 0) is 4.74 Å². The number of rotatable bonds is 3. The number of nitrogens with one attached hydrogen (secondary N) is 1. The van der Waals surface area contributed by atoms with Crippen LogP contribution in [0.3, 0.4) is 0 Å². The maximum atomic E-state index is 12.7. The first kappa shape index (κ1) is 14.1. The third kappa shape index (κ3) is 4.12. The van der Waals surface area contributed by atoms with Crippen LogP contribution in [0.4, 0.5) is 13.2 Å². The molecule has 18 heavy (non-hydrogen) atoms. The van der Waals surface area contributed by atoms with Crippen molar-refractivity contribution in [3.8, 4) is 0 Å².